The van der Waals surface area contributed by atoms with Crippen molar-refractivity contribution in [1.82, 2.24) is 0 Å². The lowest BCUT2D eigenvalue weighted by atomic mass is 10.2. The number of anilines is 1. The molecule has 2 rings (SSSR count). The van der Waals surface area contributed by atoms with Gasteiger partial charge in [0.05, 0.1) is 16.1 Å². The predicted octanol–water partition coefficient (Wildman–Crippen LogP) is 3.35. The molecule has 0 saturated heterocycles. The molecule has 0 aliphatic rings. The number of carbonyl (C=O) groups is 2. The highest BCUT2D eigenvalue weighted by Crippen LogP contribution is 2.22. The Labute approximate surface area is 138 Å². The number of ether oxygens (including phenoxy) is 1. The maximum absolute atomic E-state index is 13.1. The second-order valence-corrected chi connectivity index (χ2v) is 5.47. The van der Waals surface area contributed by atoms with Crippen molar-refractivity contribution in [3.8, 4) is 6.07 Å². The van der Waals surface area contributed by atoms with E-state index >= 15 is 0 Å². The van der Waals surface area contributed by atoms with Gasteiger partial charge in [-0.1, -0.05) is 11.6 Å². The van der Waals surface area contributed by atoms with Crippen molar-refractivity contribution < 1.29 is 23.1 Å². The molecule has 1 amide bonds. The number of esters is 1. The second-order valence-electron chi connectivity index (χ2n) is 4.15. The number of nitrogens with one attached hydrogen (secondary N) is 1. The quantitative estimate of drug-likeness (QED) is 0.673. The average molecular weight is 357 g/mol. The van der Waals surface area contributed by atoms with Crippen LogP contribution < -0.4 is 5.32 Å². The molecule has 0 saturated carbocycles. The Morgan fingerprint density at radius 1 is 1.35 bits per heavy atom. The molecule has 1 aromatic carbocycles. The molecular formula is C14H7ClF2N2O3S. The van der Waals surface area contributed by atoms with E-state index < -0.39 is 35.7 Å². The molecule has 1 N–H and O–H groups in total. The van der Waals surface area contributed by atoms with Gasteiger partial charge in [0.2, 0.25) is 0 Å². The van der Waals surface area contributed by atoms with Crippen molar-refractivity contribution in [3.05, 3.63) is 51.4 Å². The number of carbonyl (C=O) groups excluding carboxylic acids is 2. The number of benzene rings is 1. The predicted molar refractivity (Wildman–Crippen MR) is 79.3 cm³/mol. The molecule has 0 unspecified atom stereocenters. The normalized spacial score (nSPS) is 10.0. The van der Waals surface area contributed by atoms with Crippen LogP contribution in [0.4, 0.5) is 13.8 Å². The van der Waals surface area contributed by atoms with Gasteiger partial charge in [0, 0.05) is 0 Å². The third kappa shape index (κ3) is 4.03. The van der Waals surface area contributed by atoms with Crippen molar-refractivity contribution >= 4 is 39.8 Å². The summed E-state index contributed by atoms with van der Waals surface area (Å²) < 4.78 is 30.7. The van der Waals surface area contributed by atoms with Gasteiger partial charge in [0.15, 0.2) is 18.2 Å². The molecule has 0 bridgehead atoms. The fourth-order valence-corrected chi connectivity index (χ4v) is 2.53. The molecule has 0 fully saturated rings. The zero-order valence-electron chi connectivity index (χ0n) is 11.2. The smallest absolute Gasteiger partial charge is 0.340 e. The van der Waals surface area contributed by atoms with Crippen molar-refractivity contribution in [2.45, 2.75) is 0 Å². The monoisotopic (exact) mass is 356 g/mol. The van der Waals surface area contributed by atoms with E-state index in [-0.39, 0.29) is 10.6 Å². The van der Waals surface area contributed by atoms with E-state index in [9.17, 15) is 18.4 Å². The van der Waals surface area contributed by atoms with Gasteiger partial charge < -0.3 is 10.1 Å². The minimum absolute atomic E-state index is 0.276. The van der Waals surface area contributed by atoms with Crippen LogP contribution in [0, 0.1) is 23.0 Å². The molecule has 118 valence electrons. The fraction of sp³-hybridized carbons (Fsp3) is 0.0714. The second kappa shape index (κ2) is 7.17. The van der Waals surface area contributed by atoms with Crippen LogP contribution in [0.5, 0.6) is 0 Å². The molecule has 5 nitrogen and oxygen atoms in total. The number of nitrogens with zero attached hydrogens (tertiary/aromatic N) is 1. The number of hydrogen-bond donors (Lipinski definition) is 1. The Bertz CT molecular complexity index is 817. The maximum Gasteiger partial charge on any atom is 0.340 e. The van der Waals surface area contributed by atoms with E-state index in [1.54, 1.807) is 5.38 Å². The molecule has 0 spiro atoms. The van der Waals surface area contributed by atoms with Gasteiger partial charge in [-0.25, -0.2) is 13.6 Å². The first-order valence-electron chi connectivity index (χ1n) is 6.01. The third-order valence-electron chi connectivity index (χ3n) is 2.60. The zero-order valence-corrected chi connectivity index (χ0v) is 12.8. The molecule has 0 atom stereocenters. The standard InChI is InChI=1S/C14H7ClF2N2O3S/c15-9-4-11(17)10(16)3-8(9)14(21)22-6-12(20)19-13-7(5-18)1-2-23-13/h1-4H,6H2,(H,19,20). The number of hydrogen-bond acceptors (Lipinski definition) is 5. The SMILES string of the molecule is N#Cc1ccsc1NC(=O)COC(=O)c1cc(F)c(F)cc1Cl. The van der Waals surface area contributed by atoms with Crippen LogP contribution >= 0.6 is 22.9 Å². The molecule has 0 aliphatic carbocycles. The summed E-state index contributed by atoms with van der Waals surface area (Å²) >= 11 is 6.76. The molecule has 1 heterocycles. The third-order valence-corrected chi connectivity index (χ3v) is 3.75. The largest absolute Gasteiger partial charge is 0.452 e. The van der Waals surface area contributed by atoms with Crippen LogP contribution in [0.1, 0.15) is 15.9 Å². The van der Waals surface area contributed by atoms with Crippen LogP contribution in [0.2, 0.25) is 5.02 Å². The lowest BCUT2D eigenvalue weighted by molar-refractivity contribution is -0.119. The van der Waals surface area contributed by atoms with Crippen molar-refractivity contribution in [1.29, 1.82) is 5.26 Å². The number of halogens is 3. The van der Waals surface area contributed by atoms with Crippen LogP contribution in [0.15, 0.2) is 23.6 Å². The van der Waals surface area contributed by atoms with Gasteiger partial charge in [-0.05, 0) is 23.6 Å². The molecular weight excluding hydrogens is 350 g/mol. The number of amides is 1. The van der Waals surface area contributed by atoms with Crippen molar-refractivity contribution in [3.63, 3.8) is 0 Å². The van der Waals surface area contributed by atoms with Crippen LogP contribution in [0.3, 0.4) is 0 Å². The van der Waals surface area contributed by atoms with E-state index in [1.807, 2.05) is 6.07 Å². The zero-order chi connectivity index (χ0) is 17.0. The van der Waals surface area contributed by atoms with E-state index in [1.165, 1.54) is 6.07 Å². The minimum atomic E-state index is -1.26. The average Bonchev–Trinajstić information content (AvgIpc) is 2.95. The van der Waals surface area contributed by atoms with Gasteiger partial charge in [0.25, 0.3) is 5.91 Å². The Balaban J connectivity index is 1.98. The van der Waals surface area contributed by atoms with Gasteiger partial charge in [-0.15, -0.1) is 11.3 Å². The van der Waals surface area contributed by atoms with Crippen LogP contribution in [-0.2, 0) is 9.53 Å². The number of nitriles is 1. The summed E-state index contributed by atoms with van der Waals surface area (Å²) in [6.45, 7) is -0.670. The summed E-state index contributed by atoms with van der Waals surface area (Å²) in [6, 6.07) is 4.63. The topological polar surface area (TPSA) is 79.2 Å². The van der Waals surface area contributed by atoms with E-state index in [0.29, 0.717) is 17.1 Å². The fourth-order valence-electron chi connectivity index (χ4n) is 1.54. The number of rotatable bonds is 4. The molecule has 0 radical (unpaired) electrons. The van der Waals surface area contributed by atoms with Crippen molar-refractivity contribution in [2.75, 3.05) is 11.9 Å². The van der Waals surface area contributed by atoms with Crippen LogP contribution in [0.25, 0.3) is 0 Å². The maximum atomic E-state index is 13.1. The molecule has 9 heteroatoms. The first-order valence-corrected chi connectivity index (χ1v) is 7.27. The first-order chi connectivity index (χ1) is 10.9. The first kappa shape index (κ1) is 16.9. The van der Waals surface area contributed by atoms with Gasteiger partial charge in [0.1, 0.15) is 11.1 Å². The Morgan fingerprint density at radius 2 is 2.04 bits per heavy atom. The molecule has 23 heavy (non-hydrogen) atoms. The lowest BCUT2D eigenvalue weighted by Gasteiger charge is -2.07. The summed E-state index contributed by atoms with van der Waals surface area (Å²) in [5.41, 5.74) is -0.120. The summed E-state index contributed by atoms with van der Waals surface area (Å²) in [5, 5.41) is 12.8. The number of thiophene rings is 1. The summed E-state index contributed by atoms with van der Waals surface area (Å²) in [5.74, 6) is -4.22. The highest BCUT2D eigenvalue weighted by molar-refractivity contribution is 7.14. The summed E-state index contributed by atoms with van der Waals surface area (Å²) in [7, 11) is 0. The Kier molecular flexibility index (Phi) is 5.26. The van der Waals surface area contributed by atoms with Gasteiger partial charge >= 0.3 is 5.97 Å². The van der Waals surface area contributed by atoms with Crippen molar-refractivity contribution in [2.24, 2.45) is 0 Å². The van der Waals surface area contributed by atoms with Crippen LogP contribution in [-0.4, -0.2) is 18.5 Å². The van der Waals surface area contributed by atoms with E-state index in [0.717, 1.165) is 11.3 Å². The van der Waals surface area contributed by atoms with E-state index in [4.69, 9.17) is 16.9 Å². The Morgan fingerprint density at radius 3 is 2.74 bits per heavy atom. The highest BCUT2D eigenvalue weighted by atomic mass is 35.5. The minimum Gasteiger partial charge on any atom is -0.452 e. The van der Waals surface area contributed by atoms with Gasteiger partial charge in [-0.2, -0.15) is 5.26 Å². The summed E-state index contributed by atoms with van der Waals surface area (Å²) in [6.07, 6.45) is 0. The Hall–Kier alpha value is -2.50. The lowest BCUT2D eigenvalue weighted by Crippen LogP contribution is -2.21. The summed E-state index contributed by atoms with van der Waals surface area (Å²) in [4.78, 5) is 23.4. The molecule has 1 aromatic heterocycles. The highest BCUT2D eigenvalue weighted by Gasteiger charge is 2.18. The molecule has 2 aromatic rings. The van der Waals surface area contributed by atoms with Gasteiger partial charge in [-0.3, -0.25) is 4.79 Å². The van der Waals surface area contributed by atoms with E-state index in [2.05, 4.69) is 10.1 Å². The molecule has 0 aliphatic heterocycles.